The van der Waals surface area contributed by atoms with Crippen LogP contribution < -0.4 is 0 Å². The van der Waals surface area contributed by atoms with Crippen molar-refractivity contribution in [1.29, 1.82) is 0 Å². The van der Waals surface area contributed by atoms with Gasteiger partial charge in [-0.3, -0.25) is 4.79 Å². The van der Waals surface area contributed by atoms with Crippen LogP contribution in [0.3, 0.4) is 0 Å². The van der Waals surface area contributed by atoms with Gasteiger partial charge in [-0.05, 0) is 34.1 Å². The van der Waals surface area contributed by atoms with Crippen molar-refractivity contribution >= 4 is 27.9 Å². The molecule has 0 aliphatic heterocycles. The van der Waals surface area contributed by atoms with Crippen molar-refractivity contribution in [1.82, 2.24) is 4.90 Å². The van der Waals surface area contributed by atoms with Crippen molar-refractivity contribution in [2.45, 2.75) is 0 Å². The first kappa shape index (κ1) is 14.9. The van der Waals surface area contributed by atoms with Crippen molar-refractivity contribution in [3.63, 3.8) is 0 Å². The van der Waals surface area contributed by atoms with Crippen LogP contribution in [0.5, 0.6) is 0 Å². The van der Waals surface area contributed by atoms with Crippen LogP contribution in [0.15, 0.2) is 27.3 Å². The minimum atomic E-state index is -0.186. The number of nitrogens with zero attached hydrogens (tertiary/aromatic N) is 1. The van der Waals surface area contributed by atoms with E-state index in [2.05, 4.69) is 15.9 Å². The third-order valence-corrected chi connectivity index (χ3v) is 2.66. The number of aliphatic hydroxyl groups excluding tert-OH is 1. The van der Waals surface area contributed by atoms with E-state index in [1.165, 1.54) is 11.0 Å². The second kappa shape index (κ2) is 8.07. The van der Waals surface area contributed by atoms with Gasteiger partial charge in [-0.25, -0.2) is 0 Å². The first-order valence-electron chi connectivity index (χ1n) is 5.49. The molecule has 0 unspecified atom stereocenters. The van der Waals surface area contributed by atoms with E-state index < -0.39 is 0 Å². The molecule has 18 heavy (non-hydrogen) atoms. The Labute approximate surface area is 114 Å². The first-order valence-corrected chi connectivity index (χ1v) is 6.28. The number of halogens is 1. The van der Waals surface area contributed by atoms with Crippen molar-refractivity contribution < 1.29 is 19.1 Å². The van der Waals surface area contributed by atoms with Gasteiger partial charge in [-0.15, -0.1) is 0 Å². The molecule has 0 saturated carbocycles. The molecule has 0 bridgehead atoms. The number of hydrogen-bond donors (Lipinski definition) is 1. The molecule has 0 spiro atoms. The monoisotopic (exact) mass is 317 g/mol. The second-order valence-corrected chi connectivity index (χ2v) is 4.30. The van der Waals surface area contributed by atoms with Crippen LogP contribution in [0.4, 0.5) is 0 Å². The third kappa shape index (κ3) is 5.03. The Morgan fingerprint density at radius 1 is 1.56 bits per heavy atom. The number of aliphatic hydroxyl groups is 1. The lowest BCUT2D eigenvalue weighted by Crippen LogP contribution is -2.34. The lowest BCUT2D eigenvalue weighted by molar-refractivity contribution is -0.127. The van der Waals surface area contributed by atoms with Gasteiger partial charge in [0.15, 0.2) is 4.67 Å². The quantitative estimate of drug-likeness (QED) is 0.775. The number of ether oxygens (including phenoxy) is 1. The zero-order valence-corrected chi connectivity index (χ0v) is 11.7. The normalized spacial score (nSPS) is 11.1. The Balaban J connectivity index is 2.57. The molecule has 0 fully saturated rings. The van der Waals surface area contributed by atoms with Crippen LogP contribution in [-0.4, -0.2) is 49.3 Å². The van der Waals surface area contributed by atoms with Gasteiger partial charge >= 0.3 is 0 Å². The summed E-state index contributed by atoms with van der Waals surface area (Å²) in [5.41, 5.74) is 0. The molecule has 0 aliphatic rings. The highest BCUT2D eigenvalue weighted by Gasteiger charge is 2.09. The molecule has 6 heteroatoms. The van der Waals surface area contributed by atoms with Gasteiger partial charge in [0.05, 0.1) is 13.2 Å². The molecular weight excluding hydrogens is 302 g/mol. The summed E-state index contributed by atoms with van der Waals surface area (Å²) in [7, 11) is 1.57. The molecule has 1 heterocycles. The molecule has 1 N–H and O–H groups in total. The molecule has 5 nitrogen and oxygen atoms in total. The predicted molar refractivity (Wildman–Crippen MR) is 71.0 cm³/mol. The fraction of sp³-hybridized carbons (Fsp3) is 0.417. The average Bonchev–Trinajstić information content (AvgIpc) is 2.77. The maximum Gasteiger partial charge on any atom is 0.246 e. The topological polar surface area (TPSA) is 62.9 Å². The fourth-order valence-corrected chi connectivity index (χ4v) is 1.65. The van der Waals surface area contributed by atoms with E-state index in [1.54, 1.807) is 25.3 Å². The van der Waals surface area contributed by atoms with E-state index in [9.17, 15) is 4.79 Å². The highest BCUT2D eigenvalue weighted by atomic mass is 79.9. The molecule has 1 aromatic rings. The Morgan fingerprint density at radius 3 is 2.89 bits per heavy atom. The van der Waals surface area contributed by atoms with Gasteiger partial charge in [0.2, 0.25) is 5.91 Å². The fourth-order valence-electron chi connectivity index (χ4n) is 1.33. The van der Waals surface area contributed by atoms with Gasteiger partial charge in [0.25, 0.3) is 0 Å². The van der Waals surface area contributed by atoms with E-state index in [1.807, 2.05) is 0 Å². The lowest BCUT2D eigenvalue weighted by Gasteiger charge is -2.19. The van der Waals surface area contributed by atoms with Crippen LogP contribution in [0, 0.1) is 0 Å². The largest absolute Gasteiger partial charge is 0.450 e. The van der Waals surface area contributed by atoms with Crippen LogP contribution in [0.2, 0.25) is 0 Å². The molecule has 1 aromatic heterocycles. The van der Waals surface area contributed by atoms with E-state index in [0.29, 0.717) is 23.6 Å². The molecule has 0 aromatic carbocycles. The average molecular weight is 318 g/mol. The predicted octanol–water partition coefficient (Wildman–Crippen LogP) is 1.52. The standard InChI is InChI=1S/C12H16BrNO4/c1-17-9-7-14(6-8-15)12(16)5-3-10-2-4-11(13)18-10/h2-5,15H,6-9H2,1H3/b5-3+. The number of amides is 1. The van der Waals surface area contributed by atoms with Gasteiger partial charge in [-0.1, -0.05) is 0 Å². The summed E-state index contributed by atoms with van der Waals surface area (Å²) in [4.78, 5) is 13.4. The first-order chi connectivity index (χ1) is 8.67. The highest BCUT2D eigenvalue weighted by molar-refractivity contribution is 9.10. The Hall–Kier alpha value is -1.11. The van der Waals surface area contributed by atoms with E-state index >= 15 is 0 Å². The summed E-state index contributed by atoms with van der Waals surface area (Å²) in [5, 5.41) is 8.89. The zero-order valence-electron chi connectivity index (χ0n) is 10.1. The minimum absolute atomic E-state index is 0.0738. The third-order valence-electron chi connectivity index (χ3n) is 2.23. The van der Waals surface area contributed by atoms with Crippen molar-refractivity contribution in [2.75, 3.05) is 33.4 Å². The van der Waals surface area contributed by atoms with Crippen molar-refractivity contribution in [2.24, 2.45) is 0 Å². The van der Waals surface area contributed by atoms with E-state index in [-0.39, 0.29) is 19.1 Å². The summed E-state index contributed by atoms with van der Waals surface area (Å²) in [5.74, 6) is 0.402. The molecule has 1 amide bonds. The van der Waals surface area contributed by atoms with Gasteiger partial charge < -0.3 is 19.2 Å². The number of carbonyl (C=O) groups excluding carboxylic acids is 1. The van der Waals surface area contributed by atoms with Crippen molar-refractivity contribution in [3.8, 4) is 0 Å². The zero-order chi connectivity index (χ0) is 13.4. The number of rotatable bonds is 7. The van der Waals surface area contributed by atoms with E-state index in [0.717, 1.165) is 0 Å². The maximum atomic E-state index is 11.8. The summed E-state index contributed by atoms with van der Waals surface area (Å²) in [6.07, 6.45) is 3.00. The SMILES string of the molecule is COCCN(CCO)C(=O)/C=C/c1ccc(Br)o1. The molecule has 0 saturated heterocycles. The molecule has 100 valence electrons. The smallest absolute Gasteiger partial charge is 0.246 e. The number of furan rings is 1. The summed E-state index contributed by atoms with van der Waals surface area (Å²) in [6, 6.07) is 3.50. The Morgan fingerprint density at radius 2 is 2.33 bits per heavy atom. The minimum Gasteiger partial charge on any atom is -0.450 e. The Bertz CT molecular complexity index is 403. The maximum absolute atomic E-state index is 11.8. The summed E-state index contributed by atoms with van der Waals surface area (Å²) in [6.45, 7) is 1.10. The van der Waals surface area contributed by atoms with Crippen LogP contribution in [-0.2, 0) is 9.53 Å². The molecule has 1 rings (SSSR count). The number of hydrogen-bond acceptors (Lipinski definition) is 4. The summed E-state index contributed by atoms with van der Waals surface area (Å²) >= 11 is 3.18. The van der Waals surface area contributed by atoms with Gasteiger partial charge in [-0.2, -0.15) is 0 Å². The number of carbonyl (C=O) groups is 1. The lowest BCUT2D eigenvalue weighted by atomic mass is 10.3. The van der Waals surface area contributed by atoms with E-state index in [4.69, 9.17) is 14.3 Å². The molecular formula is C12H16BrNO4. The van der Waals surface area contributed by atoms with Crippen LogP contribution >= 0.6 is 15.9 Å². The Kier molecular flexibility index (Phi) is 6.70. The van der Waals surface area contributed by atoms with Crippen LogP contribution in [0.1, 0.15) is 5.76 Å². The molecule has 0 aliphatic carbocycles. The van der Waals surface area contributed by atoms with Crippen molar-refractivity contribution in [3.05, 3.63) is 28.6 Å². The van der Waals surface area contributed by atoms with Crippen LogP contribution in [0.25, 0.3) is 6.08 Å². The second-order valence-electron chi connectivity index (χ2n) is 3.52. The number of methoxy groups -OCH3 is 1. The molecule has 0 radical (unpaired) electrons. The van der Waals surface area contributed by atoms with Gasteiger partial charge in [0.1, 0.15) is 5.76 Å². The van der Waals surface area contributed by atoms with Gasteiger partial charge in [0, 0.05) is 26.3 Å². The molecule has 0 atom stereocenters. The highest BCUT2D eigenvalue weighted by Crippen LogP contribution is 2.15. The summed E-state index contributed by atoms with van der Waals surface area (Å²) < 4.78 is 10.8.